The summed E-state index contributed by atoms with van der Waals surface area (Å²) in [4.78, 5) is 14.5. The molecular weight excluding hydrogens is 276 g/mol. The maximum atomic E-state index is 12.5. The van der Waals surface area contributed by atoms with Crippen molar-refractivity contribution in [1.82, 2.24) is 10.2 Å². The van der Waals surface area contributed by atoms with E-state index in [4.69, 9.17) is 4.74 Å². The van der Waals surface area contributed by atoms with Crippen LogP contribution in [0.3, 0.4) is 0 Å². The summed E-state index contributed by atoms with van der Waals surface area (Å²) in [6.45, 7) is 4.26. The Hall–Kier alpha value is -1.39. The maximum Gasteiger partial charge on any atom is 0.222 e. The minimum Gasteiger partial charge on any atom is -0.370 e. The van der Waals surface area contributed by atoms with Crippen LogP contribution in [-0.4, -0.2) is 43.6 Å². The van der Waals surface area contributed by atoms with Gasteiger partial charge in [0.15, 0.2) is 0 Å². The molecule has 2 fully saturated rings. The first-order chi connectivity index (χ1) is 10.8. The van der Waals surface area contributed by atoms with E-state index < -0.39 is 0 Å². The van der Waals surface area contributed by atoms with Crippen LogP contribution in [0.2, 0.25) is 0 Å². The van der Waals surface area contributed by atoms with E-state index in [1.807, 2.05) is 23.1 Å². The largest absolute Gasteiger partial charge is 0.370 e. The zero-order valence-corrected chi connectivity index (χ0v) is 13.2. The average Bonchev–Trinajstić information content (AvgIpc) is 2.61. The van der Waals surface area contributed by atoms with Crippen molar-refractivity contribution in [2.24, 2.45) is 5.92 Å². The molecule has 4 nitrogen and oxygen atoms in total. The fraction of sp³-hybridized carbons (Fsp3) is 0.611. The van der Waals surface area contributed by atoms with Crippen molar-refractivity contribution in [2.75, 3.05) is 32.8 Å². The van der Waals surface area contributed by atoms with Crippen LogP contribution >= 0.6 is 0 Å². The Morgan fingerprint density at radius 2 is 2.00 bits per heavy atom. The van der Waals surface area contributed by atoms with Gasteiger partial charge >= 0.3 is 0 Å². The van der Waals surface area contributed by atoms with Crippen molar-refractivity contribution in [2.45, 2.75) is 31.8 Å². The second-order valence-electron chi connectivity index (χ2n) is 6.34. The molecule has 0 spiro atoms. The fourth-order valence-corrected chi connectivity index (χ4v) is 3.40. The molecule has 2 aliphatic rings. The van der Waals surface area contributed by atoms with Crippen LogP contribution in [-0.2, 0) is 9.53 Å². The molecule has 2 aliphatic heterocycles. The lowest BCUT2D eigenvalue weighted by molar-refractivity contribution is -0.139. The average molecular weight is 302 g/mol. The molecule has 0 aliphatic carbocycles. The quantitative estimate of drug-likeness (QED) is 0.928. The van der Waals surface area contributed by atoms with Crippen LogP contribution < -0.4 is 5.32 Å². The van der Waals surface area contributed by atoms with Crippen LogP contribution in [0.15, 0.2) is 30.3 Å². The number of rotatable bonds is 4. The van der Waals surface area contributed by atoms with E-state index in [1.165, 1.54) is 18.4 Å². The van der Waals surface area contributed by atoms with Crippen LogP contribution in [0.5, 0.6) is 0 Å². The number of benzene rings is 1. The second-order valence-corrected chi connectivity index (χ2v) is 6.34. The molecule has 1 atom stereocenters. The highest BCUT2D eigenvalue weighted by atomic mass is 16.5. The first-order valence-electron chi connectivity index (χ1n) is 8.48. The third-order valence-electron chi connectivity index (χ3n) is 4.82. The van der Waals surface area contributed by atoms with E-state index in [9.17, 15) is 4.79 Å². The van der Waals surface area contributed by atoms with Crippen molar-refractivity contribution in [3.63, 3.8) is 0 Å². The number of hydrogen-bond acceptors (Lipinski definition) is 3. The smallest absolute Gasteiger partial charge is 0.222 e. The van der Waals surface area contributed by atoms with Crippen LogP contribution in [0.25, 0.3) is 0 Å². The van der Waals surface area contributed by atoms with E-state index in [-0.39, 0.29) is 6.10 Å². The summed E-state index contributed by atoms with van der Waals surface area (Å²) in [6, 6.07) is 10.2. The fourth-order valence-electron chi connectivity index (χ4n) is 3.40. The van der Waals surface area contributed by atoms with Crippen LogP contribution in [0, 0.1) is 5.92 Å². The first kappa shape index (κ1) is 15.5. The Labute approximate surface area is 132 Å². The molecule has 3 rings (SSSR count). The van der Waals surface area contributed by atoms with Gasteiger partial charge in [-0.2, -0.15) is 0 Å². The summed E-state index contributed by atoms with van der Waals surface area (Å²) in [7, 11) is 0. The minimum atomic E-state index is 0.0257. The predicted octanol–water partition coefficient (Wildman–Crippen LogP) is 2.37. The second kappa shape index (κ2) is 7.75. The SMILES string of the molecule is O=C(CCC1CCNCC1)N1CCOC(c2ccccc2)C1. The topological polar surface area (TPSA) is 41.6 Å². The molecule has 0 saturated carbocycles. The van der Waals surface area contributed by atoms with E-state index >= 15 is 0 Å². The summed E-state index contributed by atoms with van der Waals surface area (Å²) < 4.78 is 5.84. The van der Waals surface area contributed by atoms with Gasteiger partial charge in [0.25, 0.3) is 0 Å². The summed E-state index contributed by atoms with van der Waals surface area (Å²) in [5.74, 6) is 1.01. The lowest BCUT2D eigenvalue weighted by Gasteiger charge is -2.33. The minimum absolute atomic E-state index is 0.0257. The van der Waals surface area contributed by atoms with Gasteiger partial charge in [-0.1, -0.05) is 30.3 Å². The number of carbonyl (C=O) groups excluding carboxylic acids is 1. The van der Waals surface area contributed by atoms with Gasteiger partial charge < -0.3 is 15.0 Å². The monoisotopic (exact) mass is 302 g/mol. The summed E-state index contributed by atoms with van der Waals surface area (Å²) in [5.41, 5.74) is 1.17. The number of hydrogen-bond donors (Lipinski definition) is 1. The molecule has 2 saturated heterocycles. The molecule has 120 valence electrons. The molecular formula is C18H26N2O2. The van der Waals surface area contributed by atoms with Gasteiger partial charge in [0.2, 0.25) is 5.91 Å². The van der Waals surface area contributed by atoms with Crippen molar-refractivity contribution in [1.29, 1.82) is 0 Å². The highest BCUT2D eigenvalue weighted by Gasteiger charge is 2.25. The van der Waals surface area contributed by atoms with E-state index in [0.29, 0.717) is 25.5 Å². The molecule has 1 N–H and O–H groups in total. The Morgan fingerprint density at radius 1 is 1.23 bits per heavy atom. The van der Waals surface area contributed by atoms with Crippen molar-refractivity contribution in [3.05, 3.63) is 35.9 Å². The molecule has 1 aromatic carbocycles. The van der Waals surface area contributed by atoms with Gasteiger partial charge in [-0.05, 0) is 43.8 Å². The zero-order chi connectivity index (χ0) is 15.2. The van der Waals surface area contributed by atoms with Crippen molar-refractivity contribution in [3.8, 4) is 0 Å². The highest BCUT2D eigenvalue weighted by molar-refractivity contribution is 5.76. The standard InChI is InChI=1S/C18H26N2O2/c21-18(7-6-15-8-10-19-11-9-15)20-12-13-22-17(14-20)16-4-2-1-3-5-16/h1-5,15,17,19H,6-14H2. The predicted molar refractivity (Wildman–Crippen MR) is 86.5 cm³/mol. The van der Waals surface area contributed by atoms with Gasteiger partial charge in [0.05, 0.1) is 13.2 Å². The third kappa shape index (κ3) is 4.08. The number of ether oxygens (including phenoxy) is 1. The molecule has 1 amide bonds. The van der Waals surface area contributed by atoms with Crippen LogP contribution in [0.4, 0.5) is 0 Å². The van der Waals surface area contributed by atoms with Crippen LogP contribution in [0.1, 0.15) is 37.4 Å². The Bertz CT molecular complexity index is 471. The van der Waals surface area contributed by atoms with E-state index in [0.717, 1.165) is 32.0 Å². The van der Waals surface area contributed by atoms with Gasteiger partial charge in [-0.3, -0.25) is 4.79 Å². The summed E-state index contributed by atoms with van der Waals surface area (Å²) >= 11 is 0. The van der Waals surface area contributed by atoms with Crippen molar-refractivity contribution >= 4 is 5.91 Å². The number of nitrogens with one attached hydrogen (secondary N) is 1. The third-order valence-corrected chi connectivity index (χ3v) is 4.82. The van der Waals surface area contributed by atoms with E-state index in [2.05, 4.69) is 17.4 Å². The number of amides is 1. The van der Waals surface area contributed by atoms with Gasteiger partial charge in [0, 0.05) is 13.0 Å². The van der Waals surface area contributed by atoms with E-state index in [1.54, 1.807) is 0 Å². The number of carbonyl (C=O) groups is 1. The lowest BCUT2D eigenvalue weighted by atomic mass is 9.93. The van der Waals surface area contributed by atoms with Gasteiger partial charge in [0.1, 0.15) is 6.10 Å². The summed E-state index contributed by atoms with van der Waals surface area (Å²) in [6.07, 6.45) is 4.17. The van der Waals surface area contributed by atoms with Crippen molar-refractivity contribution < 1.29 is 9.53 Å². The normalized spacial score (nSPS) is 23.5. The molecule has 1 aromatic rings. The first-order valence-corrected chi connectivity index (χ1v) is 8.48. The highest BCUT2D eigenvalue weighted by Crippen LogP contribution is 2.24. The Balaban J connectivity index is 1.49. The lowest BCUT2D eigenvalue weighted by Crippen LogP contribution is -2.42. The molecule has 0 radical (unpaired) electrons. The molecule has 0 bridgehead atoms. The molecule has 4 heteroatoms. The molecule has 2 heterocycles. The maximum absolute atomic E-state index is 12.5. The molecule has 1 unspecified atom stereocenters. The number of piperidine rings is 1. The zero-order valence-electron chi connectivity index (χ0n) is 13.2. The van der Waals surface area contributed by atoms with Gasteiger partial charge in [-0.25, -0.2) is 0 Å². The van der Waals surface area contributed by atoms with Gasteiger partial charge in [-0.15, -0.1) is 0 Å². The Morgan fingerprint density at radius 3 is 2.77 bits per heavy atom. The number of morpholine rings is 1. The molecule has 22 heavy (non-hydrogen) atoms. The Kier molecular flexibility index (Phi) is 5.46. The summed E-state index contributed by atoms with van der Waals surface area (Å²) in [5, 5.41) is 3.38. The molecule has 0 aromatic heterocycles. The number of nitrogens with zero attached hydrogens (tertiary/aromatic N) is 1.